The third-order valence-corrected chi connectivity index (χ3v) is 2.97. The Morgan fingerprint density at radius 2 is 2.28 bits per heavy atom. The first-order valence-corrected chi connectivity index (χ1v) is 6.02. The number of nitrogens with two attached hydrogens (primary N) is 1. The predicted octanol–water partition coefficient (Wildman–Crippen LogP) is 2.27. The molecule has 0 aliphatic heterocycles. The highest BCUT2D eigenvalue weighted by Crippen LogP contribution is 2.24. The number of fused-ring (bicyclic) bond motifs is 1. The number of aromatic amines is 1. The summed E-state index contributed by atoms with van der Waals surface area (Å²) in [6, 6.07) is 3.84. The zero-order chi connectivity index (χ0) is 13.1. The van der Waals surface area contributed by atoms with Crippen molar-refractivity contribution in [3.05, 3.63) is 23.5 Å². The van der Waals surface area contributed by atoms with Gasteiger partial charge in [0.05, 0.1) is 23.8 Å². The zero-order valence-corrected chi connectivity index (χ0v) is 10.6. The first kappa shape index (κ1) is 12.4. The summed E-state index contributed by atoms with van der Waals surface area (Å²) < 4.78 is 4.63. The van der Waals surface area contributed by atoms with Crippen LogP contribution >= 0.6 is 0 Å². The highest BCUT2D eigenvalue weighted by atomic mass is 16.5. The van der Waals surface area contributed by atoms with Gasteiger partial charge >= 0.3 is 5.97 Å². The van der Waals surface area contributed by atoms with Crippen LogP contribution in [-0.4, -0.2) is 23.0 Å². The summed E-state index contributed by atoms with van der Waals surface area (Å²) in [5, 5.41) is 0. The molecule has 0 spiro atoms. The fraction of sp³-hybridized carbons (Fsp3) is 0.385. The number of carbonyl (C=O) groups excluding carboxylic acids is 1. The fourth-order valence-electron chi connectivity index (χ4n) is 1.92. The number of carbonyl (C=O) groups is 1. The summed E-state index contributed by atoms with van der Waals surface area (Å²) in [7, 11) is 1.32. The highest BCUT2D eigenvalue weighted by molar-refractivity contribution is 5.95. The summed E-state index contributed by atoms with van der Waals surface area (Å²) in [5.74, 6) is -0.299. The van der Waals surface area contributed by atoms with E-state index in [1.165, 1.54) is 7.11 Å². The van der Waals surface area contributed by atoms with Crippen LogP contribution in [0.4, 0.5) is 5.69 Å². The van der Waals surface area contributed by atoms with Crippen molar-refractivity contribution >= 4 is 22.7 Å². The Balaban J connectivity index is 2.43. The van der Waals surface area contributed by atoms with E-state index in [9.17, 15) is 4.79 Å². The van der Waals surface area contributed by atoms with Crippen molar-refractivity contribution in [1.29, 1.82) is 0 Å². The first-order valence-electron chi connectivity index (χ1n) is 6.02. The number of aromatic nitrogens is 2. The minimum Gasteiger partial charge on any atom is -0.463 e. The molecule has 0 saturated heterocycles. The largest absolute Gasteiger partial charge is 0.463 e. The Labute approximate surface area is 105 Å². The van der Waals surface area contributed by atoms with Crippen molar-refractivity contribution in [2.45, 2.75) is 26.2 Å². The second kappa shape index (κ2) is 5.08. The maximum absolute atomic E-state index is 11.4. The van der Waals surface area contributed by atoms with E-state index in [0.717, 1.165) is 24.8 Å². The van der Waals surface area contributed by atoms with Crippen LogP contribution < -0.4 is 5.73 Å². The van der Waals surface area contributed by atoms with Crippen LogP contribution in [0, 0.1) is 0 Å². The van der Waals surface area contributed by atoms with Gasteiger partial charge < -0.3 is 15.5 Å². The second-order valence-corrected chi connectivity index (χ2v) is 4.21. The van der Waals surface area contributed by atoms with Gasteiger partial charge in [-0.1, -0.05) is 19.4 Å². The standard InChI is InChI=1S/C13H17N3O2/c1-3-4-5-8-6-7-9-11(10(8)14)16-12(15-9)13(17)18-2/h6-7H,3-5,14H2,1-2H3,(H,15,16). The molecule has 2 rings (SSSR count). The Morgan fingerprint density at radius 3 is 2.94 bits per heavy atom. The Hall–Kier alpha value is -2.04. The van der Waals surface area contributed by atoms with Crippen LogP contribution in [0.2, 0.25) is 0 Å². The molecule has 0 amide bonds. The van der Waals surface area contributed by atoms with E-state index in [1.54, 1.807) is 0 Å². The third kappa shape index (κ3) is 2.16. The van der Waals surface area contributed by atoms with E-state index in [-0.39, 0.29) is 5.82 Å². The van der Waals surface area contributed by atoms with Gasteiger partial charge in [-0.3, -0.25) is 0 Å². The zero-order valence-electron chi connectivity index (χ0n) is 10.6. The van der Waals surface area contributed by atoms with Crippen LogP contribution in [0.5, 0.6) is 0 Å². The molecule has 1 aromatic carbocycles. The Bertz CT molecular complexity index is 575. The number of hydrogen-bond acceptors (Lipinski definition) is 4. The van der Waals surface area contributed by atoms with E-state index in [1.807, 2.05) is 12.1 Å². The van der Waals surface area contributed by atoms with Crippen LogP contribution in [-0.2, 0) is 11.2 Å². The maximum Gasteiger partial charge on any atom is 0.374 e. The van der Waals surface area contributed by atoms with E-state index in [2.05, 4.69) is 21.6 Å². The van der Waals surface area contributed by atoms with Gasteiger partial charge in [0.1, 0.15) is 0 Å². The number of nitrogen functional groups attached to an aromatic ring is 1. The molecule has 0 fully saturated rings. The van der Waals surface area contributed by atoms with Gasteiger partial charge in [0, 0.05) is 0 Å². The molecule has 18 heavy (non-hydrogen) atoms. The SMILES string of the molecule is CCCCc1ccc2nc(C(=O)OC)[nH]c2c1N. The average molecular weight is 247 g/mol. The Morgan fingerprint density at radius 1 is 1.50 bits per heavy atom. The number of rotatable bonds is 4. The molecule has 0 saturated carbocycles. The van der Waals surface area contributed by atoms with Gasteiger partial charge in [0.2, 0.25) is 5.82 Å². The van der Waals surface area contributed by atoms with Crippen molar-refractivity contribution in [2.24, 2.45) is 0 Å². The van der Waals surface area contributed by atoms with Gasteiger partial charge in [-0.2, -0.15) is 0 Å². The summed E-state index contributed by atoms with van der Waals surface area (Å²) in [4.78, 5) is 18.5. The quantitative estimate of drug-likeness (QED) is 0.641. The summed E-state index contributed by atoms with van der Waals surface area (Å²) >= 11 is 0. The summed E-state index contributed by atoms with van der Waals surface area (Å²) in [6.07, 6.45) is 3.15. The normalized spacial score (nSPS) is 10.8. The molecule has 0 aliphatic carbocycles. The van der Waals surface area contributed by atoms with Crippen molar-refractivity contribution in [2.75, 3.05) is 12.8 Å². The molecule has 0 bridgehead atoms. The molecule has 1 heterocycles. The lowest BCUT2D eigenvalue weighted by Gasteiger charge is -2.04. The third-order valence-electron chi connectivity index (χ3n) is 2.97. The minimum absolute atomic E-state index is 0.187. The predicted molar refractivity (Wildman–Crippen MR) is 70.5 cm³/mol. The average Bonchev–Trinajstić information content (AvgIpc) is 2.82. The van der Waals surface area contributed by atoms with Crippen molar-refractivity contribution in [3.8, 4) is 0 Å². The molecular weight excluding hydrogens is 230 g/mol. The van der Waals surface area contributed by atoms with Crippen LogP contribution in [0.25, 0.3) is 11.0 Å². The van der Waals surface area contributed by atoms with E-state index < -0.39 is 5.97 Å². The molecule has 1 aromatic heterocycles. The van der Waals surface area contributed by atoms with Gasteiger partial charge in [-0.25, -0.2) is 9.78 Å². The smallest absolute Gasteiger partial charge is 0.374 e. The van der Waals surface area contributed by atoms with Crippen LogP contribution in [0.3, 0.4) is 0 Å². The number of anilines is 1. The van der Waals surface area contributed by atoms with Crippen molar-refractivity contribution in [3.63, 3.8) is 0 Å². The van der Waals surface area contributed by atoms with Gasteiger partial charge in [-0.15, -0.1) is 0 Å². The van der Waals surface area contributed by atoms with E-state index >= 15 is 0 Å². The molecule has 0 unspecified atom stereocenters. The van der Waals surface area contributed by atoms with E-state index in [0.29, 0.717) is 16.7 Å². The lowest BCUT2D eigenvalue weighted by molar-refractivity contribution is 0.0588. The fourth-order valence-corrected chi connectivity index (χ4v) is 1.92. The minimum atomic E-state index is -0.485. The number of esters is 1. The number of H-pyrrole nitrogens is 1. The molecule has 2 aromatic rings. The number of hydrogen-bond donors (Lipinski definition) is 2. The van der Waals surface area contributed by atoms with Crippen LogP contribution in [0.1, 0.15) is 35.9 Å². The molecule has 5 heteroatoms. The van der Waals surface area contributed by atoms with Crippen LogP contribution in [0.15, 0.2) is 12.1 Å². The Kier molecular flexibility index (Phi) is 3.50. The molecule has 0 atom stereocenters. The lowest BCUT2D eigenvalue weighted by atomic mass is 10.1. The molecule has 0 radical (unpaired) electrons. The summed E-state index contributed by atoms with van der Waals surface area (Å²) in [6.45, 7) is 2.14. The monoisotopic (exact) mass is 247 g/mol. The summed E-state index contributed by atoms with van der Waals surface area (Å²) in [5.41, 5.74) is 9.25. The van der Waals surface area contributed by atoms with Gasteiger partial charge in [0.15, 0.2) is 0 Å². The van der Waals surface area contributed by atoms with Gasteiger partial charge in [-0.05, 0) is 24.5 Å². The highest BCUT2D eigenvalue weighted by Gasteiger charge is 2.14. The molecular formula is C13H17N3O2. The molecule has 3 N–H and O–H groups in total. The topological polar surface area (TPSA) is 81.0 Å². The number of unbranched alkanes of at least 4 members (excludes halogenated alkanes) is 1. The van der Waals surface area contributed by atoms with Crippen molar-refractivity contribution < 1.29 is 9.53 Å². The number of nitrogens with one attached hydrogen (secondary N) is 1. The number of methoxy groups -OCH3 is 1. The van der Waals surface area contributed by atoms with E-state index in [4.69, 9.17) is 5.73 Å². The number of imidazole rings is 1. The number of ether oxygens (including phenoxy) is 1. The number of benzene rings is 1. The molecule has 0 aliphatic rings. The van der Waals surface area contributed by atoms with Gasteiger partial charge in [0.25, 0.3) is 0 Å². The molecule has 96 valence electrons. The molecule has 5 nitrogen and oxygen atoms in total. The number of nitrogens with zero attached hydrogens (tertiary/aromatic N) is 1. The van der Waals surface area contributed by atoms with Crippen molar-refractivity contribution in [1.82, 2.24) is 9.97 Å². The second-order valence-electron chi connectivity index (χ2n) is 4.21. The maximum atomic E-state index is 11.4. The first-order chi connectivity index (χ1) is 8.67. The lowest BCUT2D eigenvalue weighted by Crippen LogP contribution is -2.03. The number of aryl methyl sites for hydroxylation is 1.